The summed E-state index contributed by atoms with van der Waals surface area (Å²) >= 11 is 11.5. The van der Waals surface area contributed by atoms with E-state index >= 15 is 0 Å². The average molecular weight is 303 g/mol. The fourth-order valence-corrected chi connectivity index (χ4v) is 5.28. The summed E-state index contributed by atoms with van der Waals surface area (Å²) in [5, 5.41) is 3.11. The van der Waals surface area contributed by atoms with Crippen LogP contribution in [0.2, 0.25) is 0 Å². The van der Waals surface area contributed by atoms with Gasteiger partial charge in [0.15, 0.2) is 0 Å². The van der Waals surface area contributed by atoms with Crippen LogP contribution in [0, 0.1) is 0 Å². The quantitative estimate of drug-likeness (QED) is 0.626. The number of nitrogens with one attached hydrogen (secondary N) is 1. The van der Waals surface area contributed by atoms with Gasteiger partial charge < -0.3 is 4.52 Å². The molecule has 0 saturated carbocycles. The van der Waals surface area contributed by atoms with Gasteiger partial charge in [0.2, 0.25) is 0 Å². The minimum absolute atomic E-state index is 0.0368. The lowest BCUT2D eigenvalue weighted by molar-refractivity contribution is 0.117. The first-order chi connectivity index (χ1) is 7.83. The highest BCUT2D eigenvalue weighted by Crippen LogP contribution is 2.53. The fourth-order valence-electron chi connectivity index (χ4n) is 2.16. The molecule has 2 atom stereocenters. The topological polar surface area (TPSA) is 41.6 Å². The number of rotatable bonds is 5. The second-order valence-corrected chi connectivity index (χ2v) is 7.76. The van der Waals surface area contributed by atoms with Gasteiger partial charge in [-0.3, -0.25) is 4.57 Å². The van der Waals surface area contributed by atoms with Crippen molar-refractivity contribution in [2.24, 2.45) is 0 Å². The molecule has 1 heterocycles. The zero-order valence-electron chi connectivity index (χ0n) is 10.6. The lowest BCUT2D eigenvalue weighted by Crippen LogP contribution is -2.49. The van der Waals surface area contributed by atoms with Crippen molar-refractivity contribution in [1.29, 1.82) is 0 Å². The Balaban J connectivity index is 2.85. The Morgan fingerprint density at radius 3 is 2.35 bits per heavy atom. The van der Waals surface area contributed by atoms with E-state index in [0.29, 0.717) is 24.8 Å². The highest BCUT2D eigenvalue weighted by atomic mass is 35.5. The molecule has 102 valence electrons. The Hall–Kier alpha value is 0.690. The van der Waals surface area contributed by atoms with E-state index in [4.69, 9.17) is 27.7 Å². The van der Waals surface area contributed by atoms with Gasteiger partial charge >= 0.3 is 7.67 Å². The van der Waals surface area contributed by atoms with Gasteiger partial charge in [0, 0.05) is 30.4 Å². The summed E-state index contributed by atoms with van der Waals surface area (Å²) in [4.78, 5) is 0. The Morgan fingerprint density at radius 1 is 1.41 bits per heavy atom. The van der Waals surface area contributed by atoms with Gasteiger partial charge in [-0.2, -0.15) is 0 Å². The minimum atomic E-state index is -3.02. The number of hydrogen-bond acceptors (Lipinski definition) is 2. The van der Waals surface area contributed by atoms with Crippen LogP contribution in [-0.4, -0.2) is 41.2 Å². The molecule has 1 rings (SSSR count). The Kier molecular flexibility index (Phi) is 5.77. The number of hydrogen-bond donors (Lipinski definition) is 1. The summed E-state index contributed by atoms with van der Waals surface area (Å²) in [5.41, 5.74) is -0.204. The van der Waals surface area contributed by atoms with E-state index in [2.05, 4.69) is 5.09 Å². The Bertz CT molecular complexity index is 296. The molecule has 7 heteroatoms. The monoisotopic (exact) mass is 302 g/mol. The minimum Gasteiger partial charge on any atom is -0.303 e. The van der Waals surface area contributed by atoms with E-state index in [1.165, 1.54) is 0 Å². The summed E-state index contributed by atoms with van der Waals surface area (Å²) in [5.74, 6) is 0.807. The molecule has 2 unspecified atom stereocenters. The Morgan fingerprint density at radius 2 is 1.94 bits per heavy atom. The molecule has 0 aromatic heterocycles. The number of nitrogens with zero attached hydrogens (tertiary/aromatic N) is 1. The van der Waals surface area contributed by atoms with Crippen LogP contribution in [0.1, 0.15) is 27.2 Å². The van der Waals surface area contributed by atoms with E-state index in [0.717, 1.165) is 6.42 Å². The predicted octanol–water partition coefficient (Wildman–Crippen LogP) is 3.05. The molecule has 1 fully saturated rings. The van der Waals surface area contributed by atoms with Crippen molar-refractivity contribution < 1.29 is 9.09 Å². The molecule has 0 amide bonds. The maximum atomic E-state index is 12.8. The summed E-state index contributed by atoms with van der Waals surface area (Å²) in [6.45, 7) is 6.99. The Labute approximate surface area is 114 Å². The van der Waals surface area contributed by atoms with Gasteiger partial charge in [-0.05, 0) is 27.2 Å². The van der Waals surface area contributed by atoms with Gasteiger partial charge in [-0.25, -0.2) is 9.76 Å². The van der Waals surface area contributed by atoms with Gasteiger partial charge in [-0.1, -0.05) is 0 Å². The van der Waals surface area contributed by atoms with E-state index in [1.54, 1.807) is 4.67 Å². The molecule has 0 bridgehead atoms. The number of halogens is 2. The second kappa shape index (κ2) is 6.23. The molecule has 4 nitrogen and oxygen atoms in total. The summed E-state index contributed by atoms with van der Waals surface area (Å²) in [6.07, 6.45) is 0.789. The van der Waals surface area contributed by atoms with Crippen molar-refractivity contribution in [1.82, 2.24) is 9.76 Å². The van der Waals surface area contributed by atoms with E-state index in [9.17, 15) is 4.57 Å². The van der Waals surface area contributed by atoms with Crippen molar-refractivity contribution in [2.45, 2.75) is 38.8 Å². The lowest BCUT2D eigenvalue weighted by atomic mass is 9.99. The highest BCUT2D eigenvalue weighted by molar-refractivity contribution is 7.54. The zero-order valence-corrected chi connectivity index (χ0v) is 13.0. The molecule has 0 spiro atoms. The fraction of sp³-hybridized carbons (Fsp3) is 1.00. The lowest BCUT2D eigenvalue weighted by Gasteiger charge is -2.43. The standard InChI is InChI=1S/C10H21Cl2N2O2P/c1-9-8-10(2,3)13-17(15,16-9)14(6-4-11)7-5-12/h9H,4-8H2,1-3H3,(H,13,15). The third-order valence-corrected chi connectivity index (χ3v) is 5.64. The smallest absolute Gasteiger partial charge is 0.303 e. The second-order valence-electron chi connectivity index (χ2n) is 4.97. The molecule has 0 radical (unpaired) electrons. The molecule has 1 saturated heterocycles. The van der Waals surface area contributed by atoms with E-state index in [1.807, 2.05) is 20.8 Å². The van der Waals surface area contributed by atoms with Crippen LogP contribution in [0.15, 0.2) is 0 Å². The molecule has 1 aliphatic heterocycles. The third-order valence-electron chi connectivity index (χ3n) is 2.62. The van der Waals surface area contributed by atoms with Crippen molar-refractivity contribution in [3.8, 4) is 0 Å². The van der Waals surface area contributed by atoms with Gasteiger partial charge in [0.25, 0.3) is 0 Å². The summed E-state index contributed by atoms with van der Waals surface area (Å²) in [6, 6.07) is 0. The first kappa shape index (κ1) is 15.7. The van der Waals surface area contributed by atoms with Crippen LogP contribution in [0.5, 0.6) is 0 Å². The molecular weight excluding hydrogens is 282 g/mol. The van der Waals surface area contributed by atoms with Crippen LogP contribution >= 0.6 is 30.9 Å². The average Bonchev–Trinajstić information content (AvgIpc) is 2.13. The predicted molar refractivity (Wildman–Crippen MR) is 73.0 cm³/mol. The van der Waals surface area contributed by atoms with E-state index in [-0.39, 0.29) is 11.6 Å². The molecule has 0 aromatic rings. The maximum absolute atomic E-state index is 12.8. The molecule has 1 aliphatic rings. The molecule has 1 N–H and O–H groups in total. The zero-order chi connectivity index (χ0) is 13.1. The SMILES string of the molecule is CC1CC(C)(C)NP(=O)(N(CCCl)CCCl)O1. The summed E-state index contributed by atoms with van der Waals surface area (Å²) < 4.78 is 20.2. The molecular formula is C10H21Cl2N2O2P. The van der Waals surface area contributed by atoms with Gasteiger partial charge in [-0.15, -0.1) is 23.2 Å². The van der Waals surface area contributed by atoms with E-state index < -0.39 is 7.67 Å². The van der Waals surface area contributed by atoms with Gasteiger partial charge in [0.1, 0.15) is 0 Å². The van der Waals surface area contributed by atoms with Crippen molar-refractivity contribution >= 4 is 30.9 Å². The normalized spacial score (nSPS) is 32.9. The molecule has 0 aliphatic carbocycles. The largest absolute Gasteiger partial charge is 0.344 e. The highest BCUT2D eigenvalue weighted by Gasteiger charge is 2.43. The van der Waals surface area contributed by atoms with Crippen molar-refractivity contribution in [3.63, 3.8) is 0 Å². The number of alkyl halides is 2. The maximum Gasteiger partial charge on any atom is 0.344 e. The van der Waals surface area contributed by atoms with Crippen LogP contribution < -0.4 is 5.09 Å². The van der Waals surface area contributed by atoms with Crippen LogP contribution in [0.3, 0.4) is 0 Å². The third kappa shape index (κ3) is 4.38. The van der Waals surface area contributed by atoms with Crippen LogP contribution in [0.25, 0.3) is 0 Å². The first-order valence-corrected chi connectivity index (χ1v) is 8.43. The van der Waals surface area contributed by atoms with Gasteiger partial charge in [0.05, 0.1) is 6.10 Å². The molecule has 0 aromatic carbocycles. The van der Waals surface area contributed by atoms with Crippen molar-refractivity contribution in [3.05, 3.63) is 0 Å². The van der Waals surface area contributed by atoms with Crippen LogP contribution in [-0.2, 0) is 9.09 Å². The summed E-state index contributed by atoms with van der Waals surface area (Å²) in [7, 11) is -3.02. The first-order valence-electron chi connectivity index (χ1n) is 5.78. The molecule has 17 heavy (non-hydrogen) atoms. The van der Waals surface area contributed by atoms with Crippen molar-refractivity contribution in [2.75, 3.05) is 24.8 Å². The van der Waals surface area contributed by atoms with Crippen LogP contribution in [0.4, 0.5) is 0 Å².